The summed E-state index contributed by atoms with van der Waals surface area (Å²) in [5.74, 6) is 0.0909. The maximum Gasteiger partial charge on any atom is 0.325 e. The molecule has 1 N–H and O–H groups in total. The van der Waals surface area contributed by atoms with Gasteiger partial charge in [-0.05, 0) is 43.7 Å². The molecule has 11 nitrogen and oxygen atoms in total. The van der Waals surface area contributed by atoms with Gasteiger partial charge in [0, 0.05) is 32.6 Å². The lowest BCUT2D eigenvalue weighted by molar-refractivity contribution is -0.139. The lowest BCUT2D eigenvalue weighted by Gasteiger charge is -2.34. The van der Waals surface area contributed by atoms with Gasteiger partial charge in [-0.2, -0.15) is 4.31 Å². The summed E-state index contributed by atoms with van der Waals surface area (Å²) in [4.78, 5) is 41.8. The van der Waals surface area contributed by atoms with Gasteiger partial charge in [-0.3, -0.25) is 14.5 Å². The first-order valence-corrected chi connectivity index (χ1v) is 13.9. The van der Waals surface area contributed by atoms with Gasteiger partial charge in [0.25, 0.3) is 5.91 Å². The van der Waals surface area contributed by atoms with Crippen molar-refractivity contribution in [3.05, 3.63) is 53.6 Å². The van der Waals surface area contributed by atoms with Gasteiger partial charge in [-0.1, -0.05) is 23.8 Å². The standard InChI is InChI=1S/C26H30N4O7S/c1-18-4-7-20(8-5-18)38(34,35)29-12-10-28(11-13-29)23(31)17-30-24(32)26(2,27-25(30)33)19-6-9-21-22(16-19)37-15-3-14-36-21/h4-9,16H,3,10-15,17H2,1-2H3,(H,27,33). The number of nitrogens with zero attached hydrogens (tertiary/aromatic N) is 3. The summed E-state index contributed by atoms with van der Waals surface area (Å²) in [7, 11) is -3.68. The number of amides is 4. The van der Waals surface area contributed by atoms with E-state index in [-0.39, 0.29) is 31.1 Å². The zero-order valence-corrected chi connectivity index (χ0v) is 22.1. The van der Waals surface area contributed by atoms with Crippen molar-refractivity contribution in [2.24, 2.45) is 0 Å². The molecule has 3 aliphatic rings. The number of carbonyl (C=O) groups is 3. The molecule has 0 aromatic heterocycles. The maximum atomic E-state index is 13.4. The van der Waals surface area contributed by atoms with Crippen molar-refractivity contribution in [1.29, 1.82) is 0 Å². The minimum absolute atomic E-state index is 0.122. The average molecular weight is 543 g/mol. The number of nitrogens with one attached hydrogen (secondary N) is 1. The van der Waals surface area contributed by atoms with E-state index < -0.39 is 40.0 Å². The number of rotatable bonds is 5. The van der Waals surface area contributed by atoms with Crippen LogP contribution in [0, 0.1) is 6.92 Å². The SMILES string of the molecule is Cc1ccc(S(=O)(=O)N2CCN(C(=O)CN3C(=O)NC(C)(c4ccc5c(c4)OCCCO5)C3=O)CC2)cc1. The Hall–Kier alpha value is -3.64. The molecule has 2 aromatic carbocycles. The summed E-state index contributed by atoms with van der Waals surface area (Å²) < 4.78 is 38.6. The van der Waals surface area contributed by atoms with Crippen molar-refractivity contribution in [3.63, 3.8) is 0 Å². The maximum absolute atomic E-state index is 13.4. The second-order valence-corrected chi connectivity index (χ2v) is 11.7. The fourth-order valence-electron chi connectivity index (χ4n) is 4.78. The predicted molar refractivity (Wildman–Crippen MR) is 136 cm³/mol. The first-order chi connectivity index (χ1) is 18.1. The first-order valence-electron chi connectivity index (χ1n) is 12.5. The Balaban J connectivity index is 1.23. The molecule has 4 amide bonds. The van der Waals surface area contributed by atoms with E-state index in [0.29, 0.717) is 30.3 Å². The molecule has 2 fully saturated rings. The van der Waals surface area contributed by atoms with Crippen LogP contribution in [0.3, 0.4) is 0 Å². The van der Waals surface area contributed by atoms with E-state index in [4.69, 9.17) is 9.47 Å². The molecule has 0 saturated carbocycles. The average Bonchev–Trinajstić information content (AvgIpc) is 3.06. The van der Waals surface area contributed by atoms with E-state index in [1.165, 1.54) is 9.21 Å². The summed E-state index contributed by atoms with van der Waals surface area (Å²) in [6, 6.07) is 11.0. The van der Waals surface area contributed by atoms with Crippen LogP contribution >= 0.6 is 0 Å². The normalized spacial score (nSPS) is 22.3. The molecule has 1 atom stereocenters. The number of urea groups is 1. The zero-order chi connectivity index (χ0) is 27.1. The first kappa shape index (κ1) is 26.0. The molecule has 202 valence electrons. The lowest BCUT2D eigenvalue weighted by Crippen LogP contribution is -2.53. The van der Waals surface area contributed by atoms with Crippen molar-refractivity contribution in [2.75, 3.05) is 45.9 Å². The zero-order valence-electron chi connectivity index (χ0n) is 21.3. The number of benzene rings is 2. The molecule has 2 saturated heterocycles. The number of ether oxygens (including phenoxy) is 2. The number of hydrogen-bond donors (Lipinski definition) is 1. The highest BCUT2D eigenvalue weighted by molar-refractivity contribution is 7.89. The molecule has 12 heteroatoms. The molecule has 2 aromatic rings. The van der Waals surface area contributed by atoms with E-state index in [9.17, 15) is 22.8 Å². The van der Waals surface area contributed by atoms with Gasteiger partial charge in [0.05, 0.1) is 18.1 Å². The Morgan fingerprint density at radius 1 is 0.974 bits per heavy atom. The quantitative estimate of drug-likeness (QED) is 0.567. The molecule has 3 aliphatic heterocycles. The van der Waals surface area contributed by atoms with E-state index in [2.05, 4.69) is 5.32 Å². The van der Waals surface area contributed by atoms with Crippen LogP contribution in [0.2, 0.25) is 0 Å². The monoisotopic (exact) mass is 542 g/mol. The predicted octanol–water partition coefficient (Wildman–Crippen LogP) is 1.46. The minimum atomic E-state index is -3.68. The Bertz CT molecular complexity index is 1370. The molecule has 5 rings (SSSR count). The van der Waals surface area contributed by atoms with Crippen LogP contribution in [0.5, 0.6) is 11.5 Å². The number of fused-ring (bicyclic) bond motifs is 1. The Kier molecular flexibility index (Phi) is 6.78. The molecule has 0 bridgehead atoms. The van der Waals surface area contributed by atoms with Crippen molar-refractivity contribution >= 4 is 27.9 Å². The largest absolute Gasteiger partial charge is 0.490 e. The van der Waals surface area contributed by atoms with Crippen LogP contribution in [0.4, 0.5) is 4.79 Å². The Labute approximate surface area is 221 Å². The number of aryl methyl sites for hydroxylation is 1. The Morgan fingerprint density at radius 3 is 2.32 bits per heavy atom. The van der Waals surface area contributed by atoms with Gasteiger partial charge in [0.1, 0.15) is 12.1 Å². The van der Waals surface area contributed by atoms with Gasteiger partial charge < -0.3 is 19.7 Å². The molecule has 38 heavy (non-hydrogen) atoms. The van der Waals surface area contributed by atoms with Gasteiger partial charge in [0.15, 0.2) is 11.5 Å². The highest BCUT2D eigenvalue weighted by Gasteiger charge is 2.50. The minimum Gasteiger partial charge on any atom is -0.490 e. The van der Waals surface area contributed by atoms with Gasteiger partial charge in [0.2, 0.25) is 15.9 Å². The second kappa shape index (κ2) is 9.91. The van der Waals surface area contributed by atoms with E-state index in [1.54, 1.807) is 49.4 Å². The van der Waals surface area contributed by atoms with Gasteiger partial charge in [-0.25, -0.2) is 13.2 Å². The third-order valence-electron chi connectivity index (χ3n) is 7.14. The Morgan fingerprint density at radius 2 is 1.63 bits per heavy atom. The number of carbonyl (C=O) groups excluding carboxylic acids is 3. The van der Waals surface area contributed by atoms with Crippen LogP contribution in [-0.4, -0.2) is 86.3 Å². The highest BCUT2D eigenvalue weighted by Crippen LogP contribution is 2.36. The molecule has 0 radical (unpaired) electrons. The third kappa shape index (κ3) is 4.69. The van der Waals surface area contributed by atoms with Crippen LogP contribution < -0.4 is 14.8 Å². The van der Waals surface area contributed by atoms with Crippen molar-refractivity contribution < 1.29 is 32.3 Å². The van der Waals surface area contributed by atoms with Crippen LogP contribution in [0.25, 0.3) is 0 Å². The topological polar surface area (TPSA) is 126 Å². The molecule has 0 aliphatic carbocycles. The second-order valence-electron chi connectivity index (χ2n) is 9.76. The smallest absolute Gasteiger partial charge is 0.325 e. The van der Waals surface area contributed by atoms with Crippen LogP contribution in [-0.2, 0) is 25.2 Å². The summed E-state index contributed by atoms with van der Waals surface area (Å²) in [5.41, 5.74) is 0.105. The molecule has 3 heterocycles. The molecular weight excluding hydrogens is 512 g/mol. The van der Waals surface area contributed by atoms with Crippen molar-refractivity contribution in [1.82, 2.24) is 19.4 Å². The number of hydrogen-bond acceptors (Lipinski definition) is 7. The van der Waals surface area contributed by atoms with Crippen molar-refractivity contribution in [3.8, 4) is 11.5 Å². The summed E-state index contributed by atoms with van der Waals surface area (Å²) >= 11 is 0. The number of sulfonamides is 1. The number of piperazine rings is 1. The highest BCUT2D eigenvalue weighted by atomic mass is 32.2. The summed E-state index contributed by atoms with van der Waals surface area (Å²) in [6.07, 6.45) is 0.735. The summed E-state index contributed by atoms with van der Waals surface area (Å²) in [6.45, 7) is 4.61. The fraction of sp³-hybridized carbons (Fsp3) is 0.423. The third-order valence-corrected chi connectivity index (χ3v) is 9.06. The lowest BCUT2D eigenvalue weighted by atomic mass is 9.91. The van der Waals surface area contributed by atoms with Crippen LogP contribution in [0.15, 0.2) is 47.4 Å². The number of imide groups is 1. The summed E-state index contributed by atoms with van der Waals surface area (Å²) in [5, 5.41) is 2.71. The van der Waals surface area contributed by atoms with E-state index in [1.807, 2.05) is 6.92 Å². The molecule has 1 unspecified atom stereocenters. The fourth-order valence-corrected chi connectivity index (χ4v) is 6.21. The van der Waals surface area contributed by atoms with Gasteiger partial charge >= 0.3 is 6.03 Å². The van der Waals surface area contributed by atoms with Gasteiger partial charge in [-0.15, -0.1) is 0 Å². The van der Waals surface area contributed by atoms with Crippen molar-refractivity contribution in [2.45, 2.75) is 30.7 Å². The molecular formula is C26H30N4O7S. The van der Waals surface area contributed by atoms with E-state index >= 15 is 0 Å². The van der Waals surface area contributed by atoms with Crippen LogP contribution in [0.1, 0.15) is 24.5 Å². The molecule has 0 spiro atoms. The van der Waals surface area contributed by atoms with E-state index in [0.717, 1.165) is 16.9 Å².